The van der Waals surface area contributed by atoms with E-state index in [-0.39, 0.29) is 11.8 Å². The third-order valence-corrected chi connectivity index (χ3v) is 4.79. The predicted molar refractivity (Wildman–Crippen MR) is 78.0 cm³/mol. The molecule has 0 bridgehead atoms. The van der Waals surface area contributed by atoms with Crippen LogP contribution < -0.4 is 0 Å². The highest BCUT2D eigenvalue weighted by molar-refractivity contribution is 9.10. The molecule has 0 atom stereocenters. The molecule has 102 valence electrons. The van der Waals surface area contributed by atoms with Crippen LogP contribution in [0.4, 0.5) is 0 Å². The predicted octanol–water partition coefficient (Wildman–Crippen LogP) is 2.85. The van der Waals surface area contributed by atoms with Gasteiger partial charge in [0, 0.05) is 33.9 Å². The summed E-state index contributed by atoms with van der Waals surface area (Å²) in [6.45, 7) is 1.04. The zero-order chi connectivity index (χ0) is 13.8. The zero-order valence-corrected chi connectivity index (χ0v) is 12.6. The third kappa shape index (κ3) is 3.91. The number of rotatable bonds is 3. The second-order valence-corrected chi connectivity index (χ2v) is 6.30. The number of likely N-dealkylation sites (tertiary alicyclic amines) is 1. The first-order valence-corrected chi connectivity index (χ1v) is 7.67. The normalized spacial score (nSPS) is 17.0. The average molecular weight is 344 g/mol. The van der Waals surface area contributed by atoms with Crippen molar-refractivity contribution in [3.8, 4) is 0 Å². The Morgan fingerprint density at radius 3 is 2.63 bits per heavy atom. The molecule has 0 radical (unpaired) electrons. The standard InChI is InChI=1S/C13H14BrNO3S/c14-10-7-11(19-8-10)1-2-12(16)15-5-3-9(4-6-15)13(17)18/h1-2,7-9H,3-6H2,(H,17,18)/b2-1+. The fraction of sp³-hybridized carbons (Fsp3) is 0.385. The first-order valence-electron chi connectivity index (χ1n) is 6.00. The number of carboxylic acids is 1. The Morgan fingerprint density at radius 1 is 1.42 bits per heavy atom. The minimum atomic E-state index is -0.758. The van der Waals surface area contributed by atoms with Crippen LogP contribution in [0, 0.1) is 5.92 Å². The number of hydrogen-bond acceptors (Lipinski definition) is 3. The van der Waals surface area contributed by atoms with E-state index < -0.39 is 5.97 Å². The molecular formula is C13H14BrNO3S. The van der Waals surface area contributed by atoms with Gasteiger partial charge < -0.3 is 10.0 Å². The molecule has 6 heteroatoms. The van der Waals surface area contributed by atoms with E-state index in [0.29, 0.717) is 25.9 Å². The number of hydrogen-bond donors (Lipinski definition) is 1. The summed E-state index contributed by atoms with van der Waals surface area (Å²) in [7, 11) is 0. The first kappa shape index (κ1) is 14.3. The van der Waals surface area contributed by atoms with Gasteiger partial charge in [0.25, 0.3) is 0 Å². The van der Waals surface area contributed by atoms with Crippen LogP contribution in [0.3, 0.4) is 0 Å². The maximum atomic E-state index is 11.9. The first-order chi connectivity index (χ1) is 9.06. The second kappa shape index (κ2) is 6.34. The maximum Gasteiger partial charge on any atom is 0.306 e. The van der Waals surface area contributed by atoms with E-state index in [0.717, 1.165) is 9.35 Å². The molecule has 19 heavy (non-hydrogen) atoms. The number of carbonyl (C=O) groups is 2. The van der Waals surface area contributed by atoms with Crippen LogP contribution in [0.5, 0.6) is 0 Å². The molecule has 1 N–H and O–H groups in total. The number of carboxylic acid groups (broad SMARTS) is 1. The fourth-order valence-corrected chi connectivity index (χ4v) is 3.36. The zero-order valence-electron chi connectivity index (χ0n) is 10.2. The van der Waals surface area contributed by atoms with Crippen LogP contribution in [-0.4, -0.2) is 35.0 Å². The number of halogens is 1. The van der Waals surface area contributed by atoms with Gasteiger partial charge in [0.15, 0.2) is 0 Å². The number of amides is 1. The van der Waals surface area contributed by atoms with Crippen molar-refractivity contribution in [2.24, 2.45) is 5.92 Å². The molecule has 1 saturated heterocycles. The van der Waals surface area contributed by atoms with E-state index in [1.54, 1.807) is 28.4 Å². The molecule has 1 fully saturated rings. The molecule has 1 aliphatic heterocycles. The Balaban J connectivity index is 1.88. The molecule has 0 saturated carbocycles. The highest BCUT2D eigenvalue weighted by Crippen LogP contribution is 2.21. The summed E-state index contributed by atoms with van der Waals surface area (Å²) in [6.07, 6.45) is 4.43. The lowest BCUT2D eigenvalue weighted by molar-refractivity contribution is -0.144. The summed E-state index contributed by atoms with van der Waals surface area (Å²) in [4.78, 5) is 25.5. The van der Waals surface area contributed by atoms with Crippen molar-refractivity contribution >= 4 is 45.2 Å². The summed E-state index contributed by atoms with van der Waals surface area (Å²) in [6, 6.07) is 1.95. The Labute approximate surface area is 123 Å². The van der Waals surface area contributed by atoms with Crippen molar-refractivity contribution in [1.29, 1.82) is 0 Å². The van der Waals surface area contributed by atoms with Gasteiger partial charge in [-0.3, -0.25) is 9.59 Å². The highest BCUT2D eigenvalue weighted by atomic mass is 79.9. The van der Waals surface area contributed by atoms with E-state index in [1.165, 1.54) is 0 Å². The van der Waals surface area contributed by atoms with Crippen LogP contribution in [0.2, 0.25) is 0 Å². The van der Waals surface area contributed by atoms with Gasteiger partial charge in [-0.15, -0.1) is 11.3 Å². The Morgan fingerprint density at radius 2 is 2.11 bits per heavy atom. The van der Waals surface area contributed by atoms with Gasteiger partial charge in [0.2, 0.25) is 5.91 Å². The molecule has 0 aromatic carbocycles. The van der Waals surface area contributed by atoms with Crippen LogP contribution in [-0.2, 0) is 9.59 Å². The topological polar surface area (TPSA) is 57.6 Å². The summed E-state index contributed by atoms with van der Waals surface area (Å²) in [5, 5.41) is 10.9. The monoisotopic (exact) mass is 343 g/mol. The Kier molecular flexibility index (Phi) is 4.76. The smallest absolute Gasteiger partial charge is 0.306 e. The van der Waals surface area contributed by atoms with Crippen LogP contribution in [0.15, 0.2) is 22.0 Å². The van der Waals surface area contributed by atoms with Crippen LogP contribution >= 0.6 is 27.3 Å². The van der Waals surface area contributed by atoms with Crippen LogP contribution in [0.25, 0.3) is 6.08 Å². The summed E-state index contributed by atoms with van der Waals surface area (Å²) >= 11 is 4.92. The fourth-order valence-electron chi connectivity index (χ4n) is 2.02. The molecule has 4 nitrogen and oxygen atoms in total. The van der Waals surface area contributed by atoms with Crippen LogP contribution in [0.1, 0.15) is 17.7 Å². The number of piperidine rings is 1. The van der Waals surface area contributed by atoms with Crippen molar-refractivity contribution in [3.05, 3.63) is 26.9 Å². The highest BCUT2D eigenvalue weighted by Gasteiger charge is 2.25. The van der Waals surface area contributed by atoms with Crippen molar-refractivity contribution in [2.75, 3.05) is 13.1 Å². The molecule has 1 amide bonds. The molecule has 0 aliphatic carbocycles. The number of carbonyl (C=O) groups excluding carboxylic acids is 1. The van der Waals surface area contributed by atoms with Crippen molar-refractivity contribution in [2.45, 2.75) is 12.8 Å². The maximum absolute atomic E-state index is 11.9. The number of thiophene rings is 1. The van der Waals surface area contributed by atoms with Gasteiger partial charge in [-0.1, -0.05) is 0 Å². The van der Waals surface area contributed by atoms with E-state index in [4.69, 9.17) is 5.11 Å². The number of nitrogens with zero attached hydrogens (tertiary/aromatic N) is 1. The molecule has 2 rings (SSSR count). The molecule has 1 aromatic rings. The third-order valence-electron chi connectivity index (χ3n) is 3.13. The van der Waals surface area contributed by atoms with E-state index >= 15 is 0 Å². The largest absolute Gasteiger partial charge is 0.481 e. The molecule has 0 spiro atoms. The number of aliphatic carboxylic acids is 1. The van der Waals surface area contributed by atoms with Gasteiger partial charge in [-0.25, -0.2) is 0 Å². The minimum absolute atomic E-state index is 0.0478. The molecular weight excluding hydrogens is 330 g/mol. The molecule has 1 aromatic heterocycles. The second-order valence-electron chi connectivity index (χ2n) is 4.44. The van der Waals surface area contributed by atoms with E-state index in [1.807, 2.05) is 11.4 Å². The Hall–Kier alpha value is -1.14. The van der Waals surface area contributed by atoms with E-state index in [9.17, 15) is 9.59 Å². The summed E-state index contributed by atoms with van der Waals surface area (Å²) in [5.41, 5.74) is 0. The molecule has 0 unspecified atom stereocenters. The van der Waals surface area contributed by atoms with Gasteiger partial charge >= 0.3 is 5.97 Å². The molecule has 1 aliphatic rings. The Bertz CT molecular complexity index is 504. The van der Waals surface area contributed by atoms with Crippen molar-refractivity contribution in [3.63, 3.8) is 0 Å². The molecule has 2 heterocycles. The summed E-state index contributed by atoms with van der Waals surface area (Å²) in [5.74, 6) is -1.11. The van der Waals surface area contributed by atoms with Crippen molar-refractivity contribution < 1.29 is 14.7 Å². The van der Waals surface area contributed by atoms with Gasteiger partial charge in [-0.05, 0) is 40.9 Å². The van der Waals surface area contributed by atoms with E-state index in [2.05, 4.69) is 15.9 Å². The SMILES string of the molecule is O=C(O)C1CCN(C(=O)/C=C/c2cc(Br)cs2)CC1. The average Bonchev–Trinajstić information content (AvgIpc) is 2.82. The lowest BCUT2D eigenvalue weighted by atomic mass is 9.97. The van der Waals surface area contributed by atoms with Crippen molar-refractivity contribution in [1.82, 2.24) is 4.90 Å². The van der Waals surface area contributed by atoms with Gasteiger partial charge in [-0.2, -0.15) is 0 Å². The summed E-state index contributed by atoms with van der Waals surface area (Å²) < 4.78 is 1.01. The van der Waals surface area contributed by atoms with Gasteiger partial charge in [0.05, 0.1) is 5.92 Å². The lowest BCUT2D eigenvalue weighted by Gasteiger charge is -2.29. The minimum Gasteiger partial charge on any atom is -0.481 e. The lowest BCUT2D eigenvalue weighted by Crippen LogP contribution is -2.39. The van der Waals surface area contributed by atoms with Gasteiger partial charge in [0.1, 0.15) is 0 Å². The quantitative estimate of drug-likeness (QED) is 0.858.